The van der Waals surface area contributed by atoms with E-state index in [0.29, 0.717) is 5.75 Å². The molecule has 0 aliphatic heterocycles. The fourth-order valence-corrected chi connectivity index (χ4v) is 1.46. The second-order valence-corrected chi connectivity index (χ2v) is 3.77. The van der Waals surface area contributed by atoms with Crippen molar-refractivity contribution >= 4 is 0 Å². The van der Waals surface area contributed by atoms with E-state index in [1.165, 1.54) is 0 Å². The molecule has 3 heteroatoms. The molecule has 2 atom stereocenters. The molecule has 1 aromatic rings. The Morgan fingerprint density at radius 1 is 1.21 bits per heavy atom. The molecule has 0 aliphatic rings. The Morgan fingerprint density at radius 3 is 2.00 bits per heavy atom. The highest BCUT2D eigenvalue weighted by Crippen LogP contribution is 2.26. The molecule has 0 saturated heterocycles. The Kier molecular flexibility index (Phi) is 3.13. The number of aromatic hydroxyl groups is 1. The first-order valence-corrected chi connectivity index (χ1v) is 4.67. The monoisotopic (exact) mass is 195 g/mol. The Bertz CT molecular complexity index is 311. The average molecular weight is 195 g/mol. The summed E-state index contributed by atoms with van der Waals surface area (Å²) >= 11 is 0. The van der Waals surface area contributed by atoms with Gasteiger partial charge in [-0.15, -0.1) is 0 Å². The second-order valence-electron chi connectivity index (χ2n) is 3.77. The zero-order chi connectivity index (χ0) is 10.9. The highest BCUT2D eigenvalue weighted by molar-refractivity contribution is 5.43. The number of phenolic OH excluding ortho intramolecular Hbond substituents is 1. The second kappa shape index (κ2) is 3.98. The number of nitrogens with two attached hydrogens (primary N) is 1. The molecule has 0 radical (unpaired) electrons. The van der Waals surface area contributed by atoms with E-state index >= 15 is 0 Å². The van der Waals surface area contributed by atoms with Crippen molar-refractivity contribution < 1.29 is 10.2 Å². The van der Waals surface area contributed by atoms with Gasteiger partial charge in [-0.3, -0.25) is 0 Å². The topological polar surface area (TPSA) is 66.5 Å². The predicted octanol–water partition coefficient (Wildman–Crippen LogP) is 1.39. The lowest BCUT2D eigenvalue weighted by molar-refractivity contribution is 0.164. The van der Waals surface area contributed by atoms with Crippen LogP contribution >= 0.6 is 0 Å². The summed E-state index contributed by atoms with van der Waals surface area (Å²) in [5.74, 6) is 0.298. The van der Waals surface area contributed by atoms with Gasteiger partial charge in [-0.1, -0.05) is 12.1 Å². The minimum atomic E-state index is -0.585. The quantitative estimate of drug-likeness (QED) is 0.668. The van der Waals surface area contributed by atoms with Crippen LogP contribution in [0.25, 0.3) is 0 Å². The summed E-state index contributed by atoms with van der Waals surface area (Å²) in [7, 11) is 0. The van der Waals surface area contributed by atoms with E-state index in [2.05, 4.69) is 0 Å². The molecule has 4 N–H and O–H groups in total. The fourth-order valence-electron chi connectivity index (χ4n) is 1.46. The molecule has 0 heterocycles. The van der Waals surface area contributed by atoms with Crippen LogP contribution in [0.15, 0.2) is 12.1 Å². The lowest BCUT2D eigenvalue weighted by atomic mass is 9.98. The molecule has 1 aromatic carbocycles. The van der Waals surface area contributed by atoms with Crippen molar-refractivity contribution in [2.75, 3.05) is 0 Å². The first kappa shape index (κ1) is 11.0. The molecule has 14 heavy (non-hydrogen) atoms. The molecule has 0 bridgehead atoms. The van der Waals surface area contributed by atoms with E-state index in [1.807, 2.05) is 13.8 Å². The zero-order valence-corrected chi connectivity index (χ0v) is 8.78. The van der Waals surface area contributed by atoms with Gasteiger partial charge >= 0.3 is 0 Å². The van der Waals surface area contributed by atoms with E-state index in [9.17, 15) is 10.2 Å². The van der Waals surface area contributed by atoms with E-state index in [-0.39, 0.29) is 0 Å². The molecule has 0 aromatic heterocycles. The number of aliphatic hydroxyl groups excluding tert-OH is 1. The summed E-state index contributed by atoms with van der Waals surface area (Å²) in [5, 5.41) is 18.9. The van der Waals surface area contributed by atoms with E-state index in [0.717, 1.165) is 16.7 Å². The van der Waals surface area contributed by atoms with Crippen molar-refractivity contribution in [1.29, 1.82) is 0 Å². The van der Waals surface area contributed by atoms with Crippen LogP contribution < -0.4 is 5.73 Å². The maximum Gasteiger partial charge on any atom is 0.121 e. The molecule has 0 spiro atoms. The van der Waals surface area contributed by atoms with Crippen molar-refractivity contribution in [3.63, 3.8) is 0 Å². The lowest BCUT2D eigenvalue weighted by Crippen LogP contribution is -2.23. The van der Waals surface area contributed by atoms with Gasteiger partial charge in [-0.25, -0.2) is 0 Å². The number of aryl methyl sites for hydroxylation is 2. The van der Waals surface area contributed by atoms with Gasteiger partial charge in [0.05, 0.1) is 12.1 Å². The van der Waals surface area contributed by atoms with E-state index in [1.54, 1.807) is 19.1 Å². The van der Waals surface area contributed by atoms with Crippen molar-refractivity contribution in [2.24, 2.45) is 5.73 Å². The van der Waals surface area contributed by atoms with Gasteiger partial charge in [0, 0.05) is 0 Å². The normalized spacial score (nSPS) is 15.2. The van der Waals surface area contributed by atoms with Gasteiger partial charge in [0.2, 0.25) is 0 Å². The number of aliphatic hydroxyl groups is 1. The van der Waals surface area contributed by atoms with Crippen LogP contribution in [0.3, 0.4) is 0 Å². The van der Waals surface area contributed by atoms with Crippen LogP contribution in [0, 0.1) is 13.8 Å². The van der Waals surface area contributed by atoms with Crippen LogP contribution in [0.5, 0.6) is 5.75 Å². The van der Waals surface area contributed by atoms with Crippen molar-refractivity contribution in [3.8, 4) is 5.75 Å². The van der Waals surface area contributed by atoms with Crippen LogP contribution in [-0.2, 0) is 0 Å². The van der Waals surface area contributed by atoms with Gasteiger partial charge in [-0.2, -0.15) is 0 Å². The van der Waals surface area contributed by atoms with Crippen LogP contribution in [0.4, 0.5) is 0 Å². The van der Waals surface area contributed by atoms with Gasteiger partial charge < -0.3 is 15.9 Å². The first-order valence-electron chi connectivity index (χ1n) is 4.67. The molecular weight excluding hydrogens is 178 g/mol. The largest absolute Gasteiger partial charge is 0.507 e. The molecule has 0 saturated carbocycles. The summed E-state index contributed by atoms with van der Waals surface area (Å²) in [6.45, 7) is 5.30. The molecule has 78 valence electrons. The smallest absolute Gasteiger partial charge is 0.121 e. The average Bonchev–Trinajstić information content (AvgIpc) is 2.12. The number of rotatable bonds is 2. The van der Waals surface area contributed by atoms with Crippen LogP contribution in [0.2, 0.25) is 0 Å². The Morgan fingerprint density at radius 2 is 1.64 bits per heavy atom. The number of hydrogen-bond acceptors (Lipinski definition) is 3. The van der Waals surface area contributed by atoms with Gasteiger partial charge in [0.25, 0.3) is 0 Å². The maximum atomic E-state index is 9.55. The Labute approximate surface area is 84.2 Å². The van der Waals surface area contributed by atoms with E-state index in [4.69, 9.17) is 5.73 Å². The molecular formula is C11H17NO2. The molecule has 0 amide bonds. The molecule has 0 unspecified atom stereocenters. The summed E-state index contributed by atoms with van der Waals surface area (Å²) in [6.07, 6.45) is -0.585. The van der Waals surface area contributed by atoms with Gasteiger partial charge in [-0.05, 0) is 37.5 Å². The highest BCUT2D eigenvalue weighted by Gasteiger charge is 2.14. The van der Waals surface area contributed by atoms with Gasteiger partial charge in [0.15, 0.2) is 0 Å². The standard InChI is InChI=1S/C11H17NO2/c1-6-4-9(10(12)8(3)13)5-7(2)11(6)14/h4-5,8,10,13-14H,12H2,1-3H3/t8-,10-/m0/s1. The van der Waals surface area contributed by atoms with Gasteiger partial charge in [0.1, 0.15) is 5.75 Å². The number of hydrogen-bond donors (Lipinski definition) is 3. The molecule has 3 nitrogen and oxygen atoms in total. The lowest BCUT2D eigenvalue weighted by Gasteiger charge is -2.17. The Hall–Kier alpha value is -1.06. The van der Waals surface area contributed by atoms with Crippen LogP contribution in [0.1, 0.15) is 29.7 Å². The molecule has 1 rings (SSSR count). The fraction of sp³-hybridized carbons (Fsp3) is 0.455. The Balaban J connectivity index is 3.12. The minimum Gasteiger partial charge on any atom is -0.507 e. The third-order valence-electron chi connectivity index (χ3n) is 2.42. The SMILES string of the molecule is Cc1cc([C@@H](N)[C@H](C)O)cc(C)c1O. The van der Waals surface area contributed by atoms with Crippen molar-refractivity contribution in [2.45, 2.75) is 32.9 Å². The van der Waals surface area contributed by atoms with Crippen molar-refractivity contribution in [1.82, 2.24) is 0 Å². The number of phenols is 1. The first-order chi connectivity index (χ1) is 6.43. The highest BCUT2D eigenvalue weighted by atomic mass is 16.3. The van der Waals surface area contributed by atoms with Crippen molar-refractivity contribution in [3.05, 3.63) is 28.8 Å². The predicted molar refractivity (Wildman–Crippen MR) is 56.2 cm³/mol. The minimum absolute atomic E-state index is 0.298. The van der Waals surface area contributed by atoms with Crippen LogP contribution in [-0.4, -0.2) is 16.3 Å². The third-order valence-corrected chi connectivity index (χ3v) is 2.42. The molecule has 0 fully saturated rings. The maximum absolute atomic E-state index is 9.55. The van der Waals surface area contributed by atoms with E-state index < -0.39 is 12.1 Å². The molecule has 0 aliphatic carbocycles. The number of benzene rings is 1. The zero-order valence-electron chi connectivity index (χ0n) is 8.78. The summed E-state index contributed by atoms with van der Waals surface area (Å²) in [6, 6.07) is 3.22. The summed E-state index contributed by atoms with van der Waals surface area (Å²) < 4.78 is 0. The third kappa shape index (κ3) is 2.05. The summed E-state index contributed by atoms with van der Waals surface area (Å²) in [5.41, 5.74) is 8.22. The summed E-state index contributed by atoms with van der Waals surface area (Å²) in [4.78, 5) is 0.